The number of rotatable bonds is 3. The normalized spacial score (nSPS) is 11.8. The SMILES string of the molecule is Br/C=C/c1nc2ccc(/C=C/c3ccccc3)cc2[nH]1. The Kier molecular flexibility index (Phi) is 3.79. The summed E-state index contributed by atoms with van der Waals surface area (Å²) in [7, 11) is 0. The molecule has 0 spiro atoms. The largest absolute Gasteiger partial charge is 0.338 e. The van der Waals surface area contributed by atoms with E-state index in [-0.39, 0.29) is 0 Å². The molecule has 0 fully saturated rings. The molecule has 0 aliphatic rings. The summed E-state index contributed by atoms with van der Waals surface area (Å²) >= 11 is 3.26. The Morgan fingerprint density at radius 2 is 1.70 bits per heavy atom. The number of imidazole rings is 1. The van der Waals surface area contributed by atoms with Crippen LogP contribution >= 0.6 is 15.9 Å². The molecule has 1 heterocycles. The van der Waals surface area contributed by atoms with E-state index in [0.29, 0.717) is 0 Å². The number of benzene rings is 2. The first-order valence-corrected chi connectivity index (χ1v) is 7.26. The number of halogens is 1. The molecule has 0 atom stereocenters. The minimum Gasteiger partial charge on any atom is -0.338 e. The van der Waals surface area contributed by atoms with E-state index >= 15 is 0 Å². The number of nitrogens with one attached hydrogen (secondary N) is 1. The van der Waals surface area contributed by atoms with E-state index in [1.807, 2.05) is 30.3 Å². The van der Waals surface area contributed by atoms with Gasteiger partial charge in [-0.2, -0.15) is 0 Å². The van der Waals surface area contributed by atoms with Crippen molar-refractivity contribution in [2.75, 3.05) is 0 Å². The number of hydrogen-bond acceptors (Lipinski definition) is 1. The summed E-state index contributed by atoms with van der Waals surface area (Å²) in [6, 6.07) is 16.5. The van der Waals surface area contributed by atoms with Gasteiger partial charge in [-0.15, -0.1) is 0 Å². The zero-order valence-electron chi connectivity index (χ0n) is 10.8. The van der Waals surface area contributed by atoms with Crippen molar-refractivity contribution in [1.82, 2.24) is 9.97 Å². The molecule has 0 aliphatic carbocycles. The molecule has 3 heteroatoms. The van der Waals surface area contributed by atoms with E-state index in [4.69, 9.17) is 0 Å². The van der Waals surface area contributed by atoms with Gasteiger partial charge in [-0.05, 0) is 34.3 Å². The molecule has 0 saturated carbocycles. The van der Waals surface area contributed by atoms with Crippen molar-refractivity contribution in [3.05, 3.63) is 70.5 Å². The Balaban J connectivity index is 1.91. The van der Waals surface area contributed by atoms with Crippen molar-refractivity contribution in [3.63, 3.8) is 0 Å². The van der Waals surface area contributed by atoms with Gasteiger partial charge in [0.15, 0.2) is 0 Å². The van der Waals surface area contributed by atoms with Crippen LogP contribution in [0.1, 0.15) is 17.0 Å². The number of aromatic nitrogens is 2. The van der Waals surface area contributed by atoms with E-state index in [1.165, 1.54) is 5.56 Å². The smallest absolute Gasteiger partial charge is 0.131 e. The lowest BCUT2D eigenvalue weighted by molar-refractivity contribution is 1.29. The highest BCUT2D eigenvalue weighted by Gasteiger charge is 2.00. The van der Waals surface area contributed by atoms with E-state index in [9.17, 15) is 0 Å². The van der Waals surface area contributed by atoms with Gasteiger partial charge in [0.1, 0.15) is 5.82 Å². The second kappa shape index (κ2) is 5.88. The number of H-pyrrole nitrogens is 1. The molecule has 0 radical (unpaired) electrons. The lowest BCUT2D eigenvalue weighted by Crippen LogP contribution is -1.74. The molecule has 0 unspecified atom stereocenters. The minimum absolute atomic E-state index is 0.848. The van der Waals surface area contributed by atoms with E-state index in [2.05, 4.69) is 62.3 Å². The first kappa shape index (κ1) is 12.9. The highest BCUT2D eigenvalue weighted by atomic mass is 79.9. The van der Waals surface area contributed by atoms with Crippen LogP contribution in [0.5, 0.6) is 0 Å². The molecule has 0 amide bonds. The summed E-state index contributed by atoms with van der Waals surface area (Å²) in [4.78, 5) is 9.53. The minimum atomic E-state index is 0.848. The Morgan fingerprint density at radius 3 is 2.50 bits per heavy atom. The van der Waals surface area contributed by atoms with Crippen molar-refractivity contribution in [2.24, 2.45) is 0 Å². The third kappa shape index (κ3) is 2.89. The Labute approximate surface area is 126 Å². The lowest BCUT2D eigenvalue weighted by Gasteiger charge is -1.94. The summed E-state index contributed by atoms with van der Waals surface area (Å²) in [5.74, 6) is 0.848. The molecule has 3 aromatic rings. The van der Waals surface area contributed by atoms with Crippen LogP contribution in [-0.4, -0.2) is 9.97 Å². The maximum Gasteiger partial charge on any atom is 0.131 e. The van der Waals surface area contributed by atoms with Gasteiger partial charge in [0.25, 0.3) is 0 Å². The summed E-state index contributed by atoms with van der Waals surface area (Å²) in [6.45, 7) is 0. The van der Waals surface area contributed by atoms with Crippen molar-refractivity contribution in [1.29, 1.82) is 0 Å². The summed E-state index contributed by atoms with van der Waals surface area (Å²) in [5.41, 5.74) is 4.36. The predicted octanol–water partition coefficient (Wildman–Crippen LogP) is 5.10. The summed E-state index contributed by atoms with van der Waals surface area (Å²) in [6.07, 6.45) is 6.10. The van der Waals surface area contributed by atoms with Gasteiger partial charge in [-0.1, -0.05) is 64.5 Å². The van der Waals surface area contributed by atoms with Crippen molar-refractivity contribution < 1.29 is 0 Å². The standard InChI is InChI=1S/C17H13BrN2/c18-11-10-17-19-15-9-8-14(12-16(15)20-17)7-6-13-4-2-1-3-5-13/h1-12H,(H,19,20)/b7-6+,11-10+. The van der Waals surface area contributed by atoms with Crippen LogP contribution in [-0.2, 0) is 0 Å². The first-order valence-electron chi connectivity index (χ1n) is 6.35. The zero-order valence-corrected chi connectivity index (χ0v) is 12.3. The fraction of sp³-hybridized carbons (Fsp3) is 0. The zero-order chi connectivity index (χ0) is 13.8. The topological polar surface area (TPSA) is 28.7 Å². The second-order valence-corrected chi connectivity index (χ2v) is 4.96. The van der Waals surface area contributed by atoms with Crippen molar-refractivity contribution in [3.8, 4) is 0 Å². The molecule has 1 N–H and O–H groups in total. The van der Waals surface area contributed by atoms with Crippen LogP contribution in [0.15, 0.2) is 53.5 Å². The molecule has 98 valence electrons. The predicted molar refractivity (Wildman–Crippen MR) is 89.4 cm³/mol. The van der Waals surface area contributed by atoms with Crippen molar-refractivity contribution in [2.45, 2.75) is 0 Å². The fourth-order valence-corrected chi connectivity index (χ4v) is 2.30. The second-order valence-electron chi connectivity index (χ2n) is 4.44. The number of fused-ring (bicyclic) bond motifs is 1. The van der Waals surface area contributed by atoms with Gasteiger partial charge in [0.2, 0.25) is 0 Å². The van der Waals surface area contributed by atoms with Gasteiger partial charge >= 0.3 is 0 Å². The summed E-state index contributed by atoms with van der Waals surface area (Å²) in [5, 5.41) is 0. The van der Waals surface area contributed by atoms with Crippen LogP contribution < -0.4 is 0 Å². The van der Waals surface area contributed by atoms with Gasteiger partial charge < -0.3 is 4.98 Å². The van der Waals surface area contributed by atoms with E-state index in [0.717, 1.165) is 22.4 Å². The molecule has 2 aromatic carbocycles. The maximum atomic E-state index is 4.47. The van der Waals surface area contributed by atoms with E-state index in [1.54, 1.807) is 4.99 Å². The molecule has 0 saturated heterocycles. The molecule has 3 rings (SSSR count). The van der Waals surface area contributed by atoms with Crippen LogP contribution in [0.2, 0.25) is 0 Å². The van der Waals surface area contributed by atoms with Gasteiger partial charge in [-0.25, -0.2) is 4.98 Å². The number of aromatic amines is 1. The Bertz CT molecular complexity index is 770. The highest BCUT2D eigenvalue weighted by molar-refractivity contribution is 9.11. The average Bonchev–Trinajstić information content (AvgIpc) is 2.88. The van der Waals surface area contributed by atoms with Gasteiger partial charge in [-0.3, -0.25) is 0 Å². The highest BCUT2D eigenvalue weighted by Crippen LogP contribution is 2.16. The van der Waals surface area contributed by atoms with Gasteiger partial charge in [0, 0.05) is 0 Å². The first-order chi connectivity index (χ1) is 9.85. The van der Waals surface area contributed by atoms with Crippen LogP contribution in [0.4, 0.5) is 0 Å². The average molecular weight is 325 g/mol. The molecule has 0 aliphatic heterocycles. The molecule has 0 bridgehead atoms. The van der Waals surface area contributed by atoms with Crippen molar-refractivity contribution >= 4 is 45.2 Å². The third-order valence-electron chi connectivity index (χ3n) is 3.01. The molecular weight excluding hydrogens is 312 g/mol. The number of nitrogens with zero attached hydrogens (tertiary/aromatic N) is 1. The maximum absolute atomic E-state index is 4.47. The van der Waals surface area contributed by atoms with Crippen LogP contribution in [0.25, 0.3) is 29.3 Å². The lowest BCUT2D eigenvalue weighted by atomic mass is 10.1. The Morgan fingerprint density at radius 1 is 0.900 bits per heavy atom. The van der Waals surface area contributed by atoms with Gasteiger partial charge in [0.05, 0.1) is 11.0 Å². The molecule has 20 heavy (non-hydrogen) atoms. The fourth-order valence-electron chi connectivity index (χ4n) is 2.05. The molecular formula is C17H13BrN2. The quantitative estimate of drug-likeness (QED) is 0.667. The Hall–Kier alpha value is -2.13. The third-order valence-corrected chi connectivity index (χ3v) is 3.28. The monoisotopic (exact) mass is 324 g/mol. The summed E-state index contributed by atoms with van der Waals surface area (Å²) < 4.78 is 0. The van der Waals surface area contributed by atoms with Crippen LogP contribution in [0, 0.1) is 0 Å². The molecule has 2 nitrogen and oxygen atoms in total. The van der Waals surface area contributed by atoms with Crippen LogP contribution in [0.3, 0.4) is 0 Å². The van der Waals surface area contributed by atoms with E-state index < -0.39 is 0 Å². The number of hydrogen-bond donors (Lipinski definition) is 1. The molecule has 1 aromatic heterocycles.